The summed E-state index contributed by atoms with van der Waals surface area (Å²) in [4.78, 5) is 25.6. The Morgan fingerprint density at radius 2 is 1.70 bits per heavy atom. The van der Waals surface area contributed by atoms with E-state index in [-0.39, 0.29) is 29.6 Å². The summed E-state index contributed by atoms with van der Waals surface area (Å²) in [6.07, 6.45) is 1.93. The van der Waals surface area contributed by atoms with Crippen molar-refractivity contribution in [2.24, 2.45) is 11.3 Å². The third kappa shape index (κ3) is 6.42. The molecule has 0 saturated carbocycles. The number of carbonyl (C=O) groups excluding carboxylic acids is 2. The summed E-state index contributed by atoms with van der Waals surface area (Å²) in [6.45, 7) is 18.2. The van der Waals surface area contributed by atoms with Gasteiger partial charge in [0.25, 0.3) is 0 Å². The van der Waals surface area contributed by atoms with Crippen molar-refractivity contribution in [3.63, 3.8) is 0 Å². The Morgan fingerprint density at radius 1 is 1.06 bits per heavy atom. The number of Topliss-reactive ketones (excluding diaryl/α,β-unsaturated/α-hetero) is 1. The normalized spacial score (nSPS) is 12.2. The van der Waals surface area contributed by atoms with E-state index >= 15 is 0 Å². The molecule has 6 heteroatoms. The van der Waals surface area contributed by atoms with Crippen molar-refractivity contribution in [2.75, 3.05) is 6.61 Å². The lowest BCUT2D eigenvalue weighted by Crippen LogP contribution is -2.27. The van der Waals surface area contributed by atoms with Gasteiger partial charge in [0, 0.05) is 21.6 Å². The Hall–Kier alpha value is -1.79. The first kappa shape index (κ1) is 27.5. The summed E-state index contributed by atoms with van der Waals surface area (Å²) in [5, 5.41) is 0. The maximum atomic E-state index is 12.3. The summed E-state index contributed by atoms with van der Waals surface area (Å²) in [6, 6.07) is 8.61. The molecule has 2 aromatic rings. The van der Waals surface area contributed by atoms with Gasteiger partial charge in [0.15, 0.2) is 5.78 Å². The Bertz CT molecular complexity index is 982. The molecule has 0 aliphatic carbocycles. The van der Waals surface area contributed by atoms with Gasteiger partial charge in [-0.15, -0.1) is 11.3 Å². The van der Waals surface area contributed by atoms with Gasteiger partial charge >= 0.3 is 0 Å². The van der Waals surface area contributed by atoms with Crippen LogP contribution < -0.4 is 9.46 Å². The van der Waals surface area contributed by atoms with Gasteiger partial charge in [0.1, 0.15) is 12.4 Å². The highest BCUT2D eigenvalue weighted by molar-refractivity contribution is 7.99. The third-order valence-electron chi connectivity index (χ3n) is 6.24. The number of nitrogens with one attached hydrogen (secondary N) is 1. The molecule has 1 aromatic heterocycles. The molecule has 0 bridgehead atoms. The number of hydrogen-bond donors (Lipinski definition) is 1. The molecule has 0 unspecified atom stereocenters. The van der Waals surface area contributed by atoms with Crippen LogP contribution in [0.2, 0.25) is 0 Å². The van der Waals surface area contributed by atoms with E-state index in [1.165, 1.54) is 28.0 Å². The van der Waals surface area contributed by atoms with Gasteiger partial charge in [-0.05, 0) is 67.5 Å². The third-order valence-corrected chi connectivity index (χ3v) is 8.79. The second kappa shape index (κ2) is 11.1. The quantitative estimate of drug-likeness (QED) is 0.357. The van der Waals surface area contributed by atoms with Crippen LogP contribution in [0.25, 0.3) is 0 Å². The second-order valence-electron chi connectivity index (χ2n) is 10.0. The van der Waals surface area contributed by atoms with Crippen molar-refractivity contribution >= 4 is 35.0 Å². The van der Waals surface area contributed by atoms with Gasteiger partial charge in [-0.1, -0.05) is 60.6 Å². The molecule has 1 N–H and O–H groups in total. The predicted octanol–water partition coefficient (Wildman–Crippen LogP) is 7.24. The average molecular weight is 490 g/mol. The van der Waals surface area contributed by atoms with E-state index in [4.69, 9.17) is 4.74 Å². The van der Waals surface area contributed by atoms with Crippen LogP contribution in [-0.2, 0) is 15.0 Å². The lowest BCUT2D eigenvalue weighted by atomic mass is 9.74. The van der Waals surface area contributed by atoms with E-state index in [0.29, 0.717) is 0 Å². The van der Waals surface area contributed by atoms with Crippen LogP contribution in [0.1, 0.15) is 82.9 Å². The minimum atomic E-state index is -0.408. The monoisotopic (exact) mass is 489 g/mol. The van der Waals surface area contributed by atoms with Crippen molar-refractivity contribution in [1.29, 1.82) is 0 Å². The van der Waals surface area contributed by atoms with Crippen LogP contribution in [0.3, 0.4) is 0 Å². The summed E-state index contributed by atoms with van der Waals surface area (Å²) >= 11 is 3.18. The van der Waals surface area contributed by atoms with E-state index in [9.17, 15) is 9.59 Å². The number of thiophene rings is 1. The summed E-state index contributed by atoms with van der Waals surface area (Å²) in [7, 11) is 0. The van der Waals surface area contributed by atoms with E-state index < -0.39 is 5.41 Å². The lowest BCUT2D eigenvalue weighted by Gasteiger charge is -2.32. The maximum absolute atomic E-state index is 12.3. The number of ketones is 1. The van der Waals surface area contributed by atoms with Crippen LogP contribution >= 0.6 is 23.3 Å². The van der Waals surface area contributed by atoms with Crippen LogP contribution in [0.4, 0.5) is 0 Å². The van der Waals surface area contributed by atoms with Gasteiger partial charge in [-0.25, -0.2) is 0 Å². The summed E-state index contributed by atoms with van der Waals surface area (Å²) in [5.41, 5.74) is 2.96. The molecule has 33 heavy (non-hydrogen) atoms. The highest BCUT2D eigenvalue weighted by Gasteiger charge is 2.33. The Labute approximate surface area is 208 Å². The number of amides is 1. The first-order valence-corrected chi connectivity index (χ1v) is 13.3. The fourth-order valence-corrected chi connectivity index (χ4v) is 6.10. The van der Waals surface area contributed by atoms with Gasteiger partial charge < -0.3 is 4.74 Å². The zero-order chi connectivity index (χ0) is 25.0. The maximum Gasteiger partial charge on any atom is 0.232 e. The fourth-order valence-electron chi connectivity index (χ4n) is 3.63. The molecular formula is C27H39NO3S2. The van der Waals surface area contributed by atoms with Crippen molar-refractivity contribution in [3.05, 3.63) is 45.8 Å². The molecule has 0 atom stereocenters. The molecule has 0 aliphatic heterocycles. The molecule has 2 rings (SSSR count). The minimum absolute atomic E-state index is 0.0370. The predicted molar refractivity (Wildman–Crippen MR) is 140 cm³/mol. The SMILES string of the molecule is CCC(CC)(c1ccc(OCC(=O)C(C)(C)C)c(C)c1)c1cc(C)c(SNC(=O)C(C)C)s1. The molecule has 0 radical (unpaired) electrons. The summed E-state index contributed by atoms with van der Waals surface area (Å²) < 4.78 is 9.97. The van der Waals surface area contributed by atoms with Gasteiger partial charge in [-0.3, -0.25) is 14.3 Å². The molecule has 1 heterocycles. The van der Waals surface area contributed by atoms with Crippen molar-refractivity contribution < 1.29 is 14.3 Å². The van der Waals surface area contributed by atoms with Crippen molar-refractivity contribution in [1.82, 2.24) is 4.72 Å². The molecule has 1 amide bonds. The first-order valence-electron chi connectivity index (χ1n) is 11.7. The van der Waals surface area contributed by atoms with Gasteiger partial charge in [0.2, 0.25) is 5.91 Å². The topological polar surface area (TPSA) is 55.4 Å². The molecule has 0 spiro atoms. The largest absolute Gasteiger partial charge is 0.486 e. The van der Waals surface area contributed by atoms with Crippen LogP contribution in [0.5, 0.6) is 5.75 Å². The fraction of sp³-hybridized carbons (Fsp3) is 0.556. The summed E-state index contributed by atoms with van der Waals surface area (Å²) in [5.74, 6) is 0.853. The lowest BCUT2D eigenvalue weighted by molar-refractivity contribution is -0.128. The Balaban J connectivity index is 2.32. The number of rotatable bonds is 10. The van der Waals surface area contributed by atoms with Crippen molar-refractivity contribution in [2.45, 2.75) is 84.8 Å². The van der Waals surface area contributed by atoms with E-state index in [0.717, 1.165) is 28.4 Å². The number of ether oxygens (including phenoxy) is 1. The highest BCUT2D eigenvalue weighted by Crippen LogP contribution is 2.45. The number of carbonyl (C=O) groups is 2. The Morgan fingerprint density at radius 3 is 2.21 bits per heavy atom. The standard InChI is InChI=1S/C27H39NO3S2/c1-10-27(11-2,23-15-19(6)25(32-23)33-28-24(30)17(3)4)20-12-13-21(18(5)14-20)31-16-22(29)26(7,8)9/h12-15,17H,10-11,16H2,1-9H3,(H,28,30). The van der Waals surface area contributed by atoms with Crippen LogP contribution in [0, 0.1) is 25.2 Å². The number of aryl methyl sites for hydroxylation is 2. The molecule has 182 valence electrons. The smallest absolute Gasteiger partial charge is 0.232 e. The van der Waals surface area contributed by atoms with Gasteiger partial charge in [-0.2, -0.15) is 0 Å². The molecule has 4 nitrogen and oxygen atoms in total. The molecule has 1 aromatic carbocycles. The minimum Gasteiger partial charge on any atom is -0.486 e. The van der Waals surface area contributed by atoms with Gasteiger partial charge in [0.05, 0.1) is 4.21 Å². The van der Waals surface area contributed by atoms with Crippen LogP contribution in [-0.4, -0.2) is 18.3 Å². The molecule has 0 fully saturated rings. The zero-order valence-electron chi connectivity index (χ0n) is 21.5. The van der Waals surface area contributed by atoms with Crippen molar-refractivity contribution in [3.8, 4) is 5.75 Å². The molecular weight excluding hydrogens is 450 g/mol. The Kier molecular flexibility index (Phi) is 9.23. The van der Waals surface area contributed by atoms with Crippen LogP contribution in [0.15, 0.2) is 28.5 Å². The highest BCUT2D eigenvalue weighted by atomic mass is 32.2. The second-order valence-corrected chi connectivity index (χ2v) is 12.2. The first-order chi connectivity index (χ1) is 15.4. The molecule has 0 aliphatic rings. The number of hydrogen-bond acceptors (Lipinski definition) is 5. The van der Waals surface area contributed by atoms with E-state index in [1.54, 1.807) is 11.3 Å². The average Bonchev–Trinajstić information content (AvgIpc) is 3.12. The van der Waals surface area contributed by atoms with E-state index in [2.05, 4.69) is 43.7 Å². The van der Waals surface area contributed by atoms with E-state index in [1.807, 2.05) is 47.6 Å². The molecule has 0 saturated heterocycles. The zero-order valence-corrected chi connectivity index (χ0v) is 23.2. The number of benzene rings is 1.